The van der Waals surface area contributed by atoms with Gasteiger partial charge in [0.1, 0.15) is 11.7 Å². The van der Waals surface area contributed by atoms with E-state index in [0.29, 0.717) is 6.61 Å². The van der Waals surface area contributed by atoms with Crippen LogP contribution in [0.15, 0.2) is 47.2 Å². The molecule has 3 rings (SSSR count). The average Bonchev–Trinajstić information content (AvgIpc) is 3.26. The Hall–Kier alpha value is -1.89. The van der Waals surface area contributed by atoms with Crippen LogP contribution in [0.5, 0.6) is 0 Å². The number of nitrogens with one attached hydrogen (secondary N) is 2. The number of amides is 2. The van der Waals surface area contributed by atoms with Gasteiger partial charge in [0, 0.05) is 6.61 Å². The van der Waals surface area contributed by atoms with Gasteiger partial charge >= 0.3 is 6.03 Å². The Morgan fingerprint density at radius 3 is 2.88 bits per heavy atom. The SMILES string of the molecule is C[C@](O)(CNC(=O)N[C@H]1CCO[C@@H]1c1ccccc1)c1ccsc1. The lowest BCUT2D eigenvalue weighted by Gasteiger charge is -2.25. The molecular weight excluding hydrogens is 324 g/mol. The Morgan fingerprint density at radius 2 is 2.17 bits per heavy atom. The molecule has 2 heterocycles. The largest absolute Gasteiger partial charge is 0.384 e. The smallest absolute Gasteiger partial charge is 0.315 e. The molecule has 0 saturated carbocycles. The van der Waals surface area contributed by atoms with Crippen molar-refractivity contribution in [2.24, 2.45) is 0 Å². The van der Waals surface area contributed by atoms with E-state index < -0.39 is 5.60 Å². The van der Waals surface area contributed by atoms with Crippen LogP contribution in [0.1, 0.15) is 30.6 Å². The summed E-state index contributed by atoms with van der Waals surface area (Å²) in [6.45, 7) is 2.47. The number of carbonyl (C=O) groups is 1. The van der Waals surface area contributed by atoms with Crippen molar-refractivity contribution in [3.63, 3.8) is 0 Å². The minimum Gasteiger partial charge on any atom is -0.384 e. The number of hydrogen-bond acceptors (Lipinski definition) is 4. The van der Waals surface area contributed by atoms with Gasteiger partial charge in [-0.1, -0.05) is 30.3 Å². The predicted molar refractivity (Wildman–Crippen MR) is 94.0 cm³/mol. The fourth-order valence-electron chi connectivity index (χ4n) is 2.85. The summed E-state index contributed by atoms with van der Waals surface area (Å²) in [4.78, 5) is 12.2. The molecule has 0 radical (unpaired) electrons. The lowest BCUT2D eigenvalue weighted by atomic mass is 9.99. The van der Waals surface area contributed by atoms with Crippen LogP contribution in [0.4, 0.5) is 4.79 Å². The third-order valence-electron chi connectivity index (χ3n) is 4.27. The lowest BCUT2D eigenvalue weighted by Crippen LogP contribution is -2.47. The zero-order valence-electron chi connectivity index (χ0n) is 13.6. The van der Waals surface area contributed by atoms with Crippen LogP contribution >= 0.6 is 11.3 Å². The van der Waals surface area contributed by atoms with Gasteiger partial charge in [0.05, 0.1) is 12.6 Å². The van der Waals surface area contributed by atoms with Gasteiger partial charge < -0.3 is 20.5 Å². The monoisotopic (exact) mass is 346 g/mol. The van der Waals surface area contributed by atoms with Crippen molar-refractivity contribution >= 4 is 17.4 Å². The molecule has 1 aromatic heterocycles. The van der Waals surface area contributed by atoms with E-state index in [9.17, 15) is 9.90 Å². The molecule has 0 unspecified atom stereocenters. The summed E-state index contributed by atoms with van der Waals surface area (Å²) in [5.41, 5.74) is 0.784. The molecule has 0 aliphatic carbocycles. The quantitative estimate of drug-likeness (QED) is 0.780. The van der Waals surface area contributed by atoms with Crippen molar-refractivity contribution in [1.29, 1.82) is 0 Å². The Labute approximate surface area is 145 Å². The third kappa shape index (κ3) is 3.95. The molecule has 1 fully saturated rings. The highest BCUT2D eigenvalue weighted by Gasteiger charge is 2.31. The molecule has 3 N–H and O–H groups in total. The minimum absolute atomic E-state index is 0.0708. The molecule has 1 saturated heterocycles. The molecule has 3 atom stereocenters. The van der Waals surface area contributed by atoms with Gasteiger partial charge in [-0.15, -0.1) is 0 Å². The van der Waals surface area contributed by atoms with E-state index in [1.165, 1.54) is 11.3 Å². The fourth-order valence-corrected chi connectivity index (χ4v) is 3.64. The number of urea groups is 1. The molecule has 6 heteroatoms. The number of thiophene rings is 1. The topological polar surface area (TPSA) is 70.6 Å². The van der Waals surface area contributed by atoms with Gasteiger partial charge in [-0.05, 0) is 41.3 Å². The second-order valence-corrected chi connectivity index (χ2v) is 6.99. The van der Waals surface area contributed by atoms with E-state index in [0.717, 1.165) is 17.5 Å². The van der Waals surface area contributed by atoms with Crippen LogP contribution in [-0.4, -0.2) is 30.3 Å². The van der Waals surface area contributed by atoms with Crippen LogP contribution in [0.25, 0.3) is 0 Å². The average molecular weight is 346 g/mol. The first-order valence-electron chi connectivity index (χ1n) is 8.02. The summed E-state index contributed by atoms with van der Waals surface area (Å²) in [6.07, 6.45) is 0.641. The molecule has 5 nitrogen and oxygen atoms in total. The molecule has 0 bridgehead atoms. The zero-order valence-corrected chi connectivity index (χ0v) is 14.4. The van der Waals surface area contributed by atoms with Gasteiger partial charge in [0.2, 0.25) is 0 Å². The predicted octanol–water partition coefficient (Wildman–Crippen LogP) is 2.79. The van der Waals surface area contributed by atoms with Crippen molar-refractivity contribution < 1.29 is 14.6 Å². The van der Waals surface area contributed by atoms with Crippen molar-refractivity contribution in [3.8, 4) is 0 Å². The molecule has 128 valence electrons. The number of benzene rings is 1. The first kappa shape index (κ1) is 17.0. The van der Waals surface area contributed by atoms with Crippen LogP contribution in [0, 0.1) is 0 Å². The first-order chi connectivity index (χ1) is 11.6. The maximum atomic E-state index is 12.2. The molecule has 1 aliphatic heterocycles. The first-order valence-corrected chi connectivity index (χ1v) is 8.96. The van der Waals surface area contributed by atoms with Crippen molar-refractivity contribution in [3.05, 3.63) is 58.3 Å². The summed E-state index contributed by atoms with van der Waals surface area (Å²) in [5, 5.41) is 20.0. The highest BCUT2D eigenvalue weighted by molar-refractivity contribution is 7.08. The Bertz CT molecular complexity index is 658. The summed E-state index contributed by atoms with van der Waals surface area (Å²) < 4.78 is 5.77. The Morgan fingerprint density at radius 1 is 1.38 bits per heavy atom. The van der Waals surface area contributed by atoms with Crippen LogP contribution < -0.4 is 10.6 Å². The molecular formula is C18H22N2O3S. The molecule has 1 aliphatic rings. The van der Waals surface area contributed by atoms with Gasteiger partial charge in [-0.3, -0.25) is 0 Å². The van der Waals surface area contributed by atoms with E-state index in [1.807, 2.05) is 47.2 Å². The maximum Gasteiger partial charge on any atom is 0.315 e. The number of hydrogen-bond donors (Lipinski definition) is 3. The van der Waals surface area contributed by atoms with E-state index in [2.05, 4.69) is 10.6 Å². The van der Waals surface area contributed by atoms with Crippen LogP contribution in [0.3, 0.4) is 0 Å². The summed E-state index contributed by atoms with van der Waals surface area (Å²) in [6, 6.07) is 11.4. The number of carbonyl (C=O) groups excluding carboxylic acids is 1. The molecule has 2 aromatic rings. The van der Waals surface area contributed by atoms with Gasteiger partial charge in [-0.2, -0.15) is 11.3 Å². The number of ether oxygens (including phenoxy) is 1. The van der Waals surface area contributed by atoms with Crippen molar-refractivity contribution in [1.82, 2.24) is 10.6 Å². The standard InChI is InChI=1S/C18H22N2O3S/c1-18(22,14-8-10-24-11-14)12-19-17(21)20-15-7-9-23-16(15)13-5-3-2-4-6-13/h2-6,8,10-11,15-16,22H,7,9,12H2,1H3,(H2,19,20,21)/t15-,16+,18-/m0/s1. The minimum atomic E-state index is -1.08. The second-order valence-electron chi connectivity index (χ2n) is 6.21. The van der Waals surface area contributed by atoms with E-state index in [-0.39, 0.29) is 24.7 Å². The highest BCUT2D eigenvalue weighted by Crippen LogP contribution is 2.29. The van der Waals surface area contributed by atoms with Crippen molar-refractivity contribution in [2.45, 2.75) is 31.1 Å². The molecule has 2 amide bonds. The normalized spacial score (nSPS) is 22.8. The fraction of sp³-hybridized carbons (Fsp3) is 0.389. The second kappa shape index (κ2) is 7.34. The third-order valence-corrected chi connectivity index (χ3v) is 4.96. The van der Waals surface area contributed by atoms with E-state index >= 15 is 0 Å². The summed E-state index contributed by atoms with van der Waals surface area (Å²) in [5.74, 6) is 0. The lowest BCUT2D eigenvalue weighted by molar-refractivity contribution is 0.0593. The Balaban J connectivity index is 1.55. The summed E-state index contributed by atoms with van der Waals surface area (Å²) in [7, 11) is 0. The molecule has 24 heavy (non-hydrogen) atoms. The van der Waals surface area contributed by atoms with Crippen LogP contribution in [0.2, 0.25) is 0 Å². The number of aliphatic hydroxyl groups is 1. The Kier molecular flexibility index (Phi) is 5.18. The van der Waals surface area contributed by atoms with E-state index in [4.69, 9.17) is 4.74 Å². The van der Waals surface area contributed by atoms with Gasteiger partial charge in [-0.25, -0.2) is 4.79 Å². The van der Waals surface area contributed by atoms with E-state index in [1.54, 1.807) is 6.92 Å². The zero-order chi connectivity index (χ0) is 17.0. The molecule has 0 spiro atoms. The maximum absolute atomic E-state index is 12.2. The highest BCUT2D eigenvalue weighted by atomic mass is 32.1. The summed E-state index contributed by atoms with van der Waals surface area (Å²) >= 11 is 1.52. The van der Waals surface area contributed by atoms with Gasteiger partial charge in [0.15, 0.2) is 0 Å². The van der Waals surface area contributed by atoms with Crippen molar-refractivity contribution in [2.75, 3.05) is 13.2 Å². The molecule has 1 aromatic carbocycles. The van der Waals surface area contributed by atoms with Gasteiger partial charge in [0.25, 0.3) is 0 Å². The number of rotatable bonds is 5. The van der Waals surface area contributed by atoms with Crippen LogP contribution in [-0.2, 0) is 10.3 Å².